The number of hydrogen-bond acceptors (Lipinski definition) is 4. The van der Waals surface area contributed by atoms with Gasteiger partial charge in [-0.3, -0.25) is 14.5 Å². The summed E-state index contributed by atoms with van der Waals surface area (Å²) in [5.41, 5.74) is 1.77. The first-order valence-electron chi connectivity index (χ1n) is 11.5. The van der Waals surface area contributed by atoms with Gasteiger partial charge in [-0.2, -0.15) is 0 Å². The summed E-state index contributed by atoms with van der Waals surface area (Å²) in [5, 5.41) is 3.01. The summed E-state index contributed by atoms with van der Waals surface area (Å²) in [6, 6.07) is 18.2. The number of carbonyl (C=O) groups excluding carboxylic acids is 2. The lowest BCUT2D eigenvalue weighted by molar-refractivity contribution is -0.122. The van der Waals surface area contributed by atoms with E-state index in [1.165, 1.54) is 31.0 Å². The molecule has 2 aromatic carbocycles. The Hall–Kier alpha value is -2.57. The number of para-hydroxylation sites is 1. The summed E-state index contributed by atoms with van der Waals surface area (Å²) in [7, 11) is 0. The second-order valence-electron chi connectivity index (χ2n) is 8.46. The topological polar surface area (TPSA) is 52.7 Å². The molecule has 168 valence electrons. The number of anilines is 1. The molecular weight excluding hydrogens is 418 g/mol. The van der Waals surface area contributed by atoms with Gasteiger partial charge in [-0.1, -0.05) is 60.6 Å². The Bertz CT molecular complexity index is 976. The molecule has 2 heterocycles. The molecule has 1 saturated heterocycles. The second kappa shape index (κ2) is 10.8. The maximum atomic E-state index is 13.3. The Kier molecular flexibility index (Phi) is 7.66. The van der Waals surface area contributed by atoms with Crippen LogP contribution < -0.4 is 10.2 Å². The standard InChI is InChI=1S/C26H31N3O2S/c1-20-10-7-8-16-28(20)17-9-15-27-25(30)19-29-22-13-5-6-14-23(22)32-24(26(29)31)18-21-11-3-2-4-12-21/h2-6,11-14,18,20H,7-10,15-17,19H2,1H3,(H,27,30)/b24-18-/t20-/m0/s1. The zero-order valence-corrected chi connectivity index (χ0v) is 19.4. The van der Waals surface area contributed by atoms with Gasteiger partial charge in [0.05, 0.1) is 10.6 Å². The van der Waals surface area contributed by atoms with Crippen LogP contribution in [0.25, 0.3) is 6.08 Å². The number of carbonyl (C=O) groups is 2. The highest BCUT2D eigenvalue weighted by molar-refractivity contribution is 8.04. The van der Waals surface area contributed by atoms with Gasteiger partial charge in [0.15, 0.2) is 0 Å². The average molecular weight is 450 g/mol. The number of nitrogens with zero attached hydrogens (tertiary/aromatic N) is 2. The predicted molar refractivity (Wildman–Crippen MR) is 132 cm³/mol. The van der Waals surface area contributed by atoms with Crippen LogP contribution in [0.1, 0.15) is 38.2 Å². The molecule has 0 aliphatic carbocycles. The fourth-order valence-electron chi connectivity index (χ4n) is 4.32. The molecule has 32 heavy (non-hydrogen) atoms. The largest absolute Gasteiger partial charge is 0.355 e. The van der Waals surface area contributed by atoms with Crippen molar-refractivity contribution in [1.29, 1.82) is 0 Å². The first kappa shape index (κ1) is 22.6. The van der Waals surface area contributed by atoms with Gasteiger partial charge in [0.1, 0.15) is 6.54 Å². The van der Waals surface area contributed by atoms with Crippen molar-refractivity contribution in [1.82, 2.24) is 10.2 Å². The van der Waals surface area contributed by atoms with Gasteiger partial charge in [-0.25, -0.2) is 0 Å². The number of hydrogen-bond donors (Lipinski definition) is 1. The van der Waals surface area contributed by atoms with E-state index < -0.39 is 0 Å². The van der Waals surface area contributed by atoms with Crippen LogP contribution in [0, 0.1) is 0 Å². The van der Waals surface area contributed by atoms with Crippen molar-refractivity contribution in [2.24, 2.45) is 0 Å². The molecule has 0 bridgehead atoms. The van der Waals surface area contributed by atoms with Gasteiger partial charge in [0.25, 0.3) is 5.91 Å². The highest BCUT2D eigenvalue weighted by atomic mass is 32.2. The molecule has 2 aliphatic heterocycles. The third kappa shape index (κ3) is 5.61. The van der Waals surface area contributed by atoms with Crippen LogP contribution in [-0.4, -0.2) is 48.9 Å². The van der Waals surface area contributed by atoms with Gasteiger partial charge < -0.3 is 10.2 Å². The smallest absolute Gasteiger partial charge is 0.265 e. The zero-order valence-electron chi connectivity index (χ0n) is 18.6. The summed E-state index contributed by atoms with van der Waals surface area (Å²) in [6.07, 6.45) is 6.67. The summed E-state index contributed by atoms with van der Waals surface area (Å²) in [5.74, 6) is -0.249. The van der Waals surface area contributed by atoms with E-state index in [1.54, 1.807) is 4.90 Å². The monoisotopic (exact) mass is 449 g/mol. The molecular formula is C26H31N3O2S. The Balaban J connectivity index is 1.38. The lowest BCUT2D eigenvalue weighted by Gasteiger charge is -2.33. The molecule has 2 amide bonds. The summed E-state index contributed by atoms with van der Waals surface area (Å²) in [4.78, 5) is 31.7. The van der Waals surface area contributed by atoms with Crippen LogP contribution in [0.4, 0.5) is 5.69 Å². The molecule has 0 saturated carbocycles. The van der Waals surface area contributed by atoms with Crippen LogP contribution in [0.5, 0.6) is 0 Å². The van der Waals surface area contributed by atoms with E-state index >= 15 is 0 Å². The Labute approximate surface area is 194 Å². The highest BCUT2D eigenvalue weighted by Gasteiger charge is 2.30. The molecule has 5 nitrogen and oxygen atoms in total. The molecule has 0 aromatic heterocycles. The number of fused-ring (bicyclic) bond motifs is 1. The summed E-state index contributed by atoms with van der Waals surface area (Å²) >= 11 is 1.46. The molecule has 0 radical (unpaired) electrons. The van der Waals surface area contributed by atoms with Crippen LogP contribution in [0.2, 0.25) is 0 Å². The Morgan fingerprint density at radius 1 is 1.12 bits per heavy atom. The third-order valence-corrected chi connectivity index (χ3v) is 7.19. The van der Waals surface area contributed by atoms with Crippen molar-refractivity contribution in [3.05, 3.63) is 65.1 Å². The normalized spacial score (nSPS) is 20.3. The van der Waals surface area contributed by atoms with E-state index in [4.69, 9.17) is 0 Å². The molecule has 0 spiro atoms. The Morgan fingerprint density at radius 3 is 2.72 bits per heavy atom. The van der Waals surface area contributed by atoms with Gasteiger partial charge >= 0.3 is 0 Å². The van der Waals surface area contributed by atoms with Crippen molar-refractivity contribution in [2.75, 3.05) is 31.1 Å². The zero-order chi connectivity index (χ0) is 22.3. The van der Waals surface area contributed by atoms with Crippen molar-refractivity contribution in [3.8, 4) is 0 Å². The number of likely N-dealkylation sites (tertiary alicyclic amines) is 1. The van der Waals surface area contributed by atoms with Gasteiger partial charge in [0, 0.05) is 24.0 Å². The molecule has 2 aliphatic rings. The van der Waals surface area contributed by atoms with E-state index in [2.05, 4.69) is 17.1 Å². The molecule has 1 atom stereocenters. The molecule has 0 unspecified atom stereocenters. The van der Waals surface area contributed by atoms with Crippen molar-refractivity contribution in [3.63, 3.8) is 0 Å². The number of nitrogens with one attached hydrogen (secondary N) is 1. The van der Waals surface area contributed by atoms with E-state index in [0.717, 1.165) is 35.7 Å². The minimum atomic E-state index is -0.130. The SMILES string of the molecule is C[C@H]1CCCCN1CCCNC(=O)CN1C(=O)/C(=C/c2ccccc2)Sc2ccccc21. The summed E-state index contributed by atoms with van der Waals surface area (Å²) < 4.78 is 0. The number of benzene rings is 2. The predicted octanol–water partition coefficient (Wildman–Crippen LogP) is 4.55. The first-order chi connectivity index (χ1) is 15.6. The Morgan fingerprint density at radius 2 is 1.91 bits per heavy atom. The number of amides is 2. The van der Waals surface area contributed by atoms with E-state index in [0.29, 0.717) is 17.5 Å². The fraction of sp³-hybridized carbons (Fsp3) is 0.385. The molecule has 2 aromatic rings. The molecule has 1 fully saturated rings. The lowest BCUT2D eigenvalue weighted by Crippen LogP contribution is -2.43. The molecule has 6 heteroatoms. The maximum absolute atomic E-state index is 13.3. The van der Waals surface area contributed by atoms with Gasteiger partial charge in [0.2, 0.25) is 5.91 Å². The van der Waals surface area contributed by atoms with Crippen molar-refractivity contribution < 1.29 is 9.59 Å². The minimum absolute atomic E-state index is 0.0304. The fourth-order valence-corrected chi connectivity index (χ4v) is 5.38. The first-order valence-corrected chi connectivity index (χ1v) is 12.3. The second-order valence-corrected chi connectivity index (χ2v) is 9.55. The van der Waals surface area contributed by atoms with Crippen LogP contribution in [-0.2, 0) is 9.59 Å². The van der Waals surface area contributed by atoms with Crippen LogP contribution in [0.3, 0.4) is 0 Å². The van der Waals surface area contributed by atoms with E-state index in [9.17, 15) is 9.59 Å². The number of thioether (sulfide) groups is 1. The van der Waals surface area contributed by atoms with Crippen molar-refractivity contribution >= 4 is 35.3 Å². The van der Waals surface area contributed by atoms with Crippen molar-refractivity contribution in [2.45, 2.75) is 43.5 Å². The summed E-state index contributed by atoms with van der Waals surface area (Å²) in [6.45, 7) is 5.11. The number of piperidine rings is 1. The van der Waals surface area contributed by atoms with E-state index in [-0.39, 0.29) is 18.4 Å². The van der Waals surface area contributed by atoms with Crippen LogP contribution in [0.15, 0.2) is 64.4 Å². The van der Waals surface area contributed by atoms with Gasteiger partial charge in [-0.15, -0.1) is 0 Å². The van der Waals surface area contributed by atoms with Crippen LogP contribution >= 0.6 is 11.8 Å². The average Bonchev–Trinajstić information content (AvgIpc) is 2.81. The lowest BCUT2D eigenvalue weighted by atomic mass is 10.0. The maximum Gasteiger partial charge on any atom is 0.265 e. The molecule has 1 N–H and O–H groups in total. The minimum Gasteiger partial charge on any atom is -0.355 e. The van der Waals surface area contributed by atoms with Gasteiger partial charge in [-0.05, 0) is 56.5 Å². The van der Waals surface area contributed by atoms with E-state index in [1.807, 2.05) is 60.7 Å². The quantitative estimate of drug-likeness (QED) is 0.498. The number of rotatable bonds is 7. The highest BCUT2D eigenvalue weighted by Crippen LogP contribution is 2.41. The third-order valence-electron chi connectivity index (χ3n) is 6.12. The molecule has 4 rings (SSSR count).